The fraction of sp³-hybridized carbons (Fsp3) is 0.714. The molecule has 1 fully saturated rings. The third kappa shape index (κ3) is 4.04. The highest BCUT2D eigenvalue weighted by molar-refractivity contribution is 7.89. The predicted molar refractivity (Wildman–Crippen MR) is 87.2 cm³/mol. The van der Waals surface area contributed by atoms with Crippen molar-refractivity contribution in [3.05, 3.63) is 16.3 Å². The van der Waals surface area contributed by atoms with E-state index in [1.165, 1.54) is 11.3 Å². The lowest BCUT2D eigenvalue weighted by atomic mass is 10.1. The van der Waals surface area contributed by atoms with E-state index < -0.39 is 10.0 Å². The molecule has 0 spiro atoms. The minimum atomic E-state index is -3.34. The van der Waals surface area contributed by atoms with Crippen molar-refractivity contribution in [1.29, 1.82) is 0 Å². The second-order valence-electron chi connectivity index (χ2n) is 5.65. The van der Waals surface area contributed by atoms with Gasteiger partial charge in [-0.05, 0) is 39.5 Å². The molecule has 5 nitrogen and oxygen atoms in total. The van der Waals surface area contributed by atoms with Gasteiger partial charge in [-0.3, -0.25) is 0 Å². The fourth-order valence-corrected chi connectivity index (χ4v) is 5.29. The van der Waals surface area contributed by atoms with Crippen LogP contribution in [0.2, 0.25) is 0 Å². The summed E-state index contributed by atoms with van der Waals surface area (Å²) in [6.07, 6.45) is 1.99. The number of sulfonamides is 1. The maximum absolute atomic E-state index is 12.7. The SMILES string of the molecule is CCNCc1cc(S(=O)(=O)N2CCCC(N(C)C)C2)cs1. The standard InChI is InChI=1S/C14H25N3O2S2/c1-4-15-9-13-8-14(11-20-13)21(18,19)17-7-5-6-12(10-17)16(2)3/h8,11-12,15H,4-7,9-10H2,1-3H3. The summed E-state index contributed by atoms with van der Waals surface area (Å²) in [5.41, 5.74) is 0. The number of likely N-dealkylation sites (N-methyl/N-ethyl adjacent to an activating group) is 1. The second kappa shape index (κ2) is 7.19. The molecule has 2 heterocycles. The van der Waals surface area contributed by atoms with Crippen molar-refractivity contribution < 1.29 is 8.42 Å². The van der Waals surface area contributed by atoms with Crippen LogP contribution in [-0.4, -0.2) is 57.4 Å². The molecular weight excluding hydrogens is 306 g/mol. The molecule has 7 heteroatoms. The van der Waals surface area contributed by atoms with Crippen molar-refractivity contribution in [1.82, 2.24) is 14.5 Å². The lowest BCUT2D eigenvalue weighted by Crippen LogP contribution is -2.47. The molecule has 120 valence electrons. The third-order valence-corrected chi connectivity index (χ3v) is 6.84. The van der Waals surface area contributed by atoms with Crippen LogP contribution in [0.3, 0.4) is 0 Å². The summed E-state index contributed by atoms with van der Waals surface area (Å²) >= 11 is 1.51. The highest BCUT2D eigenvalue weighted by Gasteiger charge is 2.31. The van der Waals surface area contributed by atoms with Crippen molar-refractivity contribution in [2.75, 3.05) is 33.7 Å². The van der Waals surface area contributed by atoms with Crippen LogP contribution in [0.25, 0.3) is 0 Å². The van der Waals surface area contributed by atoms with Gasteiger partial charge >= 0.3 is 0 Å². The molecule has 1 atom stereocenters. The molecular formula is C14H25N3O2S2. The van der Waals surface area contributed by atoms with Crippen LogP contribution < -0.4 is 5.32 Å². The van der Waals surface area contributed by atoms with Gasteiger partial charge in [0, 0.05) is 35.9 Å². The summed E-state index contributed by atoms with van der Waals surface area (Å²) in [4.78, 5) is 3.63. The summed E-state index contributed by atoms with van der Waals surface area (Å²) < 4.78 is 27.1. The first-order chi connectivity index (χ1) is 9.95. The Labute approximate surface area is 132 Å². The van der Waals surface area contributed by atoms with Crippen LogP contribution in [0.4, 0.5) is 0 Å². The van der Waals surface area contributed by atoms with Gasteiger partial charge in [-0.1, -0.05) is 6.92 Å². The topological polar surface area (TPSA) is 52.7 Å². The van der Waals surface area contributed by atoms with Gasteiger partial charge in [0.05, 0.1) is 4.90 Å². The van der Waals surface area contributed by atoms with Crippen LogP contribution in [0.5, 0.6) is 0 Å². The summed E-state index contributed by atoms with van der Waals surface area (Å²) in [7, 11) is 0.684. The molecule has 1 saturated heterocycles. The van der Waals surface area contributed by atoms with Crippen molar-refractivity contribution >= 4 is 21.4 Å². The summed E-state index contributed by atoms with van der Waals surface area (Å²) in [5, 5.41) is 4.99. The van der Waals surface area contributed by atoms with E-state index in [-0.39, 0.29) is 0 Å². The molecule has 2 rings (SSSR count). The largest absolute Gasteiger partial charge is 0.312 e. The van der Waals surface area contributed by atoms with Crippen LogP contribution in [0, 0.1) is 0 Å². The Bertz CT molecular complexity index is 554. The van der Waals surface area contributed by atoms with Crippen LogP contribution in [0.15, 0.2) is 16.3 Å². The summed E-state index contributed by atoms with van der Waals surface area (Å²) in [6, 6.07) is 2.12. The Hall–Kier alpha value is -0.470. The summed E-state index contributed by atoms with van der Waals surface area (Å²) in [5.74, 6) is 0. The molecule has 1 aliphatic rings. The van der Waals surface area contributed by atoms with E-state index in [1.807, 2.05) is 27.1 Å². The monoisotopic (exact) mass is 331 g/mol. The molecule has 0 aliphatic carbocycles. The average molecular weight is 332 g/mol. The first kappa shape index (κ1) is 16.9. The molecule has 0 saturated carbocycles. The Morgan fingerprint density at radius 1 is 1.48 bits per heavy atom. The highest BCUT2D eigenvalue weighted by Crippen LogP contribution is 2.26. The molecule has 0 radical (unpaired) electrons. The Morgan fingerprint density at radius 3 is 2.90 bits per heavy atom. The molecule has 21 heavy (non-hydrogen) atoms. The van der Waals surface area contributed by atoms with Crippen molar-refractivity contribution in [3.63, 3.8) is 0 Å². The van der Waals surface area contributed by atoms with Crippen LogP contribution >= 0.6 is 11.3 Å². The van der Waals surface area contributed by atoms with Gasteiger partial charge < -0.3 is 10.2 Å². The van der Waals surface area contributed by atoms with Crippen molar-refractivity contribution in [3.8, 4) is 0 Å². The van der Waals surface area contributed by atoms with Gasteiger partial charge in [0.2, 0.25) is 10.0 Å². The Morgan fingerprint density at radius 2 is 2.24 bits per heavy atom. The molecule has 1 unspecified atom stereocenters. The van der Waals surface area contributed by atoms with Gasteiger partial charge in [-0.25, -0.2) is 8.42 Å². The lowest BCUT2D eigenvalue weighted by molar-refractivity contribution is 0.190. The summed E-state index contributed by atoms with van der Waals surface area (Å²) in [6.45, 7) is 4.88. The van der Waals surface area contributed by atoms with Gasteiger partial charge in [0.25, 0.3) is 0 Å². The number of piperidine rings is 1. The van der Waals surface area contributed by atoms with E-state index in [9.17, 15) is 8.42 Å². The molecule has 0 amide bonds. The van der Waals surface area contributed by atoms with Crippen molar-refractivity contribution in [2.24, 2.45) is 0 Å². The Balaban J connectivity index is 2.11. The lowest BCUT2D eigenvalue weighted by Gasteiger charge is -2.35. The second-order valence-corrected chi connectivity index (χ2v) is 8.59. The van der Waals surface area contributed by atoms with Crippen LogP contribution in [0.1, 0.15) is 24.6 Å². The smallest absolute Gasteiger partial charge is 0.243 e. The van der Waals surface area contributed by atoms with E-state index >= 15 is 0 Å². The Kier molecular flexibility index (Phi) is 5.79. The first-order valence-corrected chi connectivity index (χ1v) is 9.71. The first-order valence-electron chi connectivity index (χ1n) is 7.40. The quantitative estimate of drug-likeness (QED) is 0.860. The molecule has 1 aromatic heterocycles. The zero-order chi connectivity index (χ0) is 15.5. The number of nitrogens with one attached hydrogen (secondary N) is 1. The number of hydrogen-bond donors (Lipinski definition) is 1. The normalized spacial score (nSPS) is 21.0. The minimum absolute atomic E-state index is 0.313. The van der Waals surface area contributed by atoms with Gasteiger partial charge in [0.1, 0.15) is 0 Å². The molecule has 1 N–H and O–H groups in total. The maximum Gasteiger partial charge on any atom is 0.243 e. The van der Waals surface area contributed by atoms with Gasteiger partial charge in [-0.2, -0.15) is 4.31 Å². The number of thiophene rings is 1. The zero-order valence-electron chi connectivity index (χ0n) is 13.0. The maximum atomic E-state index is 12.7. The van der Waals surface area contributed by atoms with Gasteiger partial charge in [0.15, 0.2) is 0 Å². The van der Waals surface area contributed by atoms with E-state index in [0.29, 0.717) is 24.0 Å². The predicted octanol–water partition coefficient (Wildman–Crippen LogP) is 1.57. The molecule has 1 aliphatic heterocycles. The van der Waals surface area contributed by atoms with E-state index in [1.54, 1.807) is 9.69 Å². The minimum Gasteiger partial charge on any atom is -0.312 e. The van der Waals surface area contributed by atoms with E-state index in [2.05, 4.69) is 10.2 Å². The zero-order valence-corrected chi connectivity index (χ0v) is 14.6. The van der Waals surface area contributed by atoms with Crippen molar-refractivity contribution in [2.45, 2.75) is 37.2 Å². The van der Waals surface area contributed by atoms with E-state index in [0.717, 1.165) is 30.8 Å². The van der Waals surface area contributed by atoms with Gasteiger partial charge in [-0.15, -0.1) is 11.3 Å². The molecule has 0 aromatic carbocycles. The molecule has 1 aromatic rings. The highest BCUT2D eigenvalue weighted by atomic mass is 32.2. The third-order valence-electron chi connectivity index (χ3n) is 3.91. The fourth-order valence-electron chi connectivity index (χ4n) is 2.55. The number of rotatable bonds is 6. The number of nitrogens with zero attached hydrogens (tertiary/aromatic N) is 2. The van der Waals surface area contributed by atoms with Crippen LogP contribution in [-0.2, 0) is 16.6 Å². The number of hydrogen-bond acceptors (Lipinski definition) is 5. The molecule has 0 bridgehead atoms. The average Bonchev–Trinajstić information content (AvgIpc) is 2.94. The van der Waals surface area contributed by atoms with E-state index in [4.69, 9.17) is 0 Å².